The number of hydrogen-bond acceptors (Lipinski definition) is 4. The van der Waals surface area contributed by atoms with E-state index in [1.807, 2.05) is 24.3 Å². The third-order valence-electron chi connectivity index (χ3n) is 5.75. The Morgan fingerprint density at radius 3 is 2.39 bits per heavy atom. The Balaban J connectivity index is 1.52. The number of rotatable bonds is 3. The van der Waals surface area contributed by atoms with Gasteiger partial charge in [-0.15, -0.1) is 0 Å². The zero-order valence-corrected chi connectivity index (χ0v) is 17.0. The number of sulfonamides is 1. The quantitative estimate of drug-likeness (QED) is 0.680. The molecule has 2 saturated heterocycles. The molecule has 2 atom stereocenters. The van der Waals surface area contributed by atoms with Crippen LogP contribution in [0.5, 0.6) is 0 Å². The number of halogens is 1. The lowest BCUT2D eigenvalue weighted by atomic mass is 10.1. The van der Waals surface area contributed by atoms with E-state index < -0.39 is 39.9 Å². The van der Waals surface area contributed by atoms with Crippen LogP contribution in [-0.2, 0) is 14.8 Å². The van der Waals surface area contributed by atoms with Crippen LogP contribution in [0.15, 0.2) is 71.6 Å². The minimum absolute atomic E-state index is 0.0879. The maximum absolute atomic E-state index is 13.4. The number of nitrogens with one attached hydrogen (secondary N) is 1. The topological polar surface area (TPSA) is 86.8 Å². The predicted molar refractivity (Wildman–Crippen MR) is 112 cm³/mol. The monoisotopic (exact) mass is 439 g/mol. The van der Waals surface area contributed by atoms with Gasteiger partial charge in [-0.25, -0.2) is 22.5 Å². The predicted octanol–water partition coefficient (Wildman–Crippen LogP) is 2.87. The number of hydrogen-bond donors (Lipinski definition) is 1. The first-order chi connectivity index (χ1) is 14.9. The van der Waals surface area contributed by atoms with Crippen LogP contribution < -0.4 is 10.2 Å². The average molecular weight is 439 g/mol. The normalized spacial score (nSPS) is 21.9. The van der Waals surface area contributed by atoms with Gasteiger partial charge in [-0.2, -0.15) is 4.31 Å². The third-order valence-corrected chi connectivity index (χ3v) is 7.63. The molecule has 2 aliphatic heterocycles. The lowest BCUT2D eigenvalue weighted by Gasteiger charge is -2.36. The van der Waals surface area contributed by atoms with E-state index in [0.717, 1.165) is 32.1 Å². The van der Waals surface area contributed by atoms with Gasteiger partial charge in [0.1, 0.15) is 11.9 Å². The van der Waals surface area contributed by atoms with Crippen LogP contribution in [-0.4, -0.2) is 43.3 Å². The maximum atomic E-state index is 13.4. The van der Waals surface area contributed by atoms with Crippen molar-refractivity contribution in [1.82, 2.24) is 9.62 Å². The molecule has 5 rings (SSSR count). The minimum atomic E-state index is -3.99. The molecule has 1 N–H and O–H groups in total. The molecule has 7 nitrogen and oxygen atoms in total. The highest BCUT2D eigenvalue weighted by Gasteiger charge is 2.52. The number of carbonyl (C=O) groups excluding carboxylic acids is 2. The number of fused-ring (bicyclic) bond motifs is 2. The molecule has 2 aliphatic rings. The van der Waals surface area contributed by atoms with E-state index in [9.17, 15) is 22.4 Å². The molecule has 3 aromatic rings. The summed E-state index contributed by atoms with van der Waals surface area (Å²) in [5.74, 6) is -1.16. The van der Waals surface area contributed by atoms with Crippen molar-refractivity contribution in [2.24, 2.45) is 0 Å². The van der Waals surface area contributed by atoms with E-state index in [1.54, 1.807) is 12.1 Å². The van der Waals surface area contributed by atoms with Crippen LogP contribution in [0, 0.1) is 5.82 Å². The van der Waals surface area contributed by atoms with Gasteiger partial charge in [0.2, 0.25) is 10.0 Å². The molecule has 0 aromatic heterocycles. The average Bonchev–Trinajstić information content (AvgIpc) is 3.19. The van der Waals surface area contributed by atoms with E-state index in [-0.39, 0.29) is 17.1 Å². The molecule has 158 valence electrons. The molecule has 3 amide bonds. The molecule has 0 bridgehead atoms. The molecular formula is C22H18FN3O4S. The molecule has 0 spiro atoms. The molecule has 2 fully saturated rings. The van der Waals surface area contributed by atoms with Crippen molar-refractivity contribution in [3.05, 3.63) is 72.5 Å². The van der Waals surface area contributed by atoms with E-state index in [1.165, 1.54) is 18.2 Å². The van der Waals surface area contributed by atoms with Gasteiger partial charge >= 0.3 is 6.03 Å². The summed E-state index contributed by atoms with van der Waals surface area (Å²) >= 11 is 0. The number of carbonyl (C=O) groups is 2. The number of nitrogens with zero attached hydrogens (tertiary/aromatic N) is 2. The van der Waals surface area contributed by atoms with E-state index in [4.69, 9.17) is 0 Å². The van der Waals surface area contributed by atoms with Crippen molar-refractivity contribution in [2.45, 2.75) is 23.4 Å². The Bertz CT molecular complexity index is 1310. The van der Waals surface area contributed by atoms with Crippen molar-refractivity contribution in [1.29, 1.82) is 0 Å². The van der Waals surface area contributed by atoms with Crippen LogP contribution in [0.1, 0.15) is 6.42 Å². The second-order valence-electron chi connectivity index (χ2n) is 7.56. The third kappa shape index (κ3) is 3.17. The fourth-order valence-electron chi connectivity index (χ4n) is 4.23. The highest BCUT2D eigenvalue weighted by molar-refractivity contribution is 7.89. The number of anilines is 1. The zero-order valence-electron chi connectivity index (χ0n) is 16.2. The summed E-state index contributed by atoms with van der Waals surface area (Å²) in [5, 5.41) is 4.40. The number of urea groups is 1. The standard InChI is InChI=1S/C22H18FN3O4S/c23-16-6-8-17(9-7-16)26-21(27)20-19(24-22(26)28)11-12-25(20)31(29,30)18-10-5-14-3-1-2-4-15(14)13-18/h1-10,13,19-20H,11-12H2,(H,24,28)/t19-,20+/m1/s1. The SMILES string of the molecule is O=C1N[C@@H]2CCN(S(=O)(=O)c3ccc4ccccc4c3)[C@@H]2C(=O)N1c1ccc(F)cc1. The smallest absolute Gasteiger partial charge is 0.329 e. The van der Waals surface area contributed by atoms with Crippen molar-refractivity contribution in [3.8, 4) is 0 Å². The number of amides is 3. The highest BCUT2D eigenvalue weighted by Crippen LogP contribution is 2.32. The van der Waals surface area contributed by atoms with E-state index in [0.29, 0.717) is 6.42 Å². The van der Waals surface area contributed by atoms with Crippen LogP contribution in [0.2, 0.25) is 0 Å². The van der Waals surface area contributed by atoms with Gasteiger partial charge in [0.15, 0.2) is 0 Å². The van der Waals surface area contributed by atoms with Crippen LogP contribution in [0.25, 0.3) is 10.8 Å². The summed E-state index contributed by atoms with van der Waals surface area (Å²) in [5.41, 5.74) is 0.178. The fraction of sp³-hybridized carbons (Fsp3) is 0.182. The van der Waals surface area contributed by atoms with Gasteiger partial charge in [0.25, 0.3) is 5.91 Å². The van der Waals surface area contributed by atoms with Crippen LogP contribution in [0.4, 0.5) is 14.9 Å². The Kier molecular flexibility index (Phi) is 4.53. The van der Waals surface area contributed by atoms with Gasteiger partial charge in [-0.1, -0.05) is 30.3 Å². The second kappa shape index (κ2) is 7.14. The Morgan fingerprint density at radius 1 is 0.935 bits per heavy atom. The summed E-state index contributed by atoms with van der Waals surface area (Å²) < 4.78 is 41.3. The molecule has 3 aromatic carbocycles. The first-order valence-corrected chi connectivity index (χ1v) is 11.2. The summed E-state index contributed by atoms with van der Waals surface area (Å²) in [6.45, 7) is 0.105. The summed E-state index contributed by atoms with van der Waals surface area (Å²) in [6, 6.07) is 14.8. The first-order valence-electron chi connectivity index (χ1n) is 9.77. The minimum Gasteiger partial charge on any atom is -0.332 e. The van der Waals surface area contributed by atoms with Crippen LogP contribution in [0.3, 0.4) is 0 Å². The second-order valence-corrected chi connectivity index (χ2v) is 9.45. The number of imide groups is 1. The number of benzene rings is 3. The van der Waals surface area contributed by atoms with Crippen molar-refractivity contribution < 1.29 is 22.4 Å². The molecule has 31 heavy (non-hydrogen) atoms. The molecule has 2 heterocycles. The lowest BCUT2D eigenvalue weighted by molar-refractivity contribution is -0.122. The van der Waals surface area contributed by atoms with Crippen molar-refractivity contribution >= 4 is 38.4 Å². The fourth-order valence-corrected chi connectivity index (χ4v) is 5.90. The Hall–Kier alpha value is -3.30. The molecule has 0 unspecified atom stereocenters. The summed E-state index contributed by atoms with van der Waals surface area (Å²) in [4.78, 5) is 26.8. The molecule has 0 aliphatic carbocycles. The Morgan fingerprint density at radius 2 is 1.65 bits per heavy atom. The van der Waals surface area contributed by atoms with Crippen LogP contribution >= 0.6 is 0 Å². The van der Waals surface area contributed by atoms with E-state index in [2.05, 4.69) is 5.32 Å². The Labute approximate surface area is 178 Å². The molecule has 0 saturated carbocycles. The summed E-state index contributed by atoms with van der Waals surface area (Å²) in [7, 11) is -3.99. The van der Waals surface area contributed by atoms with Gasteiger partial charge in [-0.05, 0) is 53.6 Å². The van der Waals surface area contributed by atoms with Crippen molar-refractivity contribution in [3.63, 3.8) is 0 Å². The first kappa shape index (κ1) is 19.7. The van der Waals surface area contributed by atoms with Gasteiger partial charge in [-0.3, -0.25) is 4.79 Å². The van der Waals surface area contributed by atoms with Crippen molar-refractivity contribution in [2.75, 3.05) is 11.4 Å². The molecule has 0 radical (unpaired) electrons. The maximum Gasteiger partial charge on any atom is 0.329 e. The van der Waals surface area contributed by atoms with Gasteiger partial charge < -0.3 is 5.32 Å². The highest BCUT2D eigenvalue weighted by atomic mass is 32.2. The largest absolute Gasteiger partial charge is 0.332 e. The summed E-state index contributed by atoms with van der Waals surface area (Å²) in [6.07, 6.45) is 0.326. The molecule has 9 heteroatoms. The van der Waals surface area contributed by atoms with E-state index >= 15 is 0 Å². The molecular weight excluding hydrogens is 421 g/mol. The zero-order chi connectivity index (χ0) is 21.8. The lowest BCUT2D eigenvalue weighted by Crippen LogP contribution is -2.64. The van der Waals surface area contributed by atoms with Gasteiger partial charge in [0, 0.05) is 6.54 Å². The van der Waals surface area contributed by atoms with Gasteiger partial charge in [0.05, 0.1) is 16.6 Å².